The van der Waals surface area contributed by atoms with Crippen LogP contribution in [0.2, 0.25) is 0 Å². The molecule has 5 aliphatic rings. The molecule has 5 rings (SSSR count). The number of ether oxygens (including phenoxy) is 1. The summed E-state index contributed by atoms with van der Waals surface area (Å²) >= 11 is 0. The Morgan fingerprint density at radius 2 is 1.72 bits per heavy atom. The zero-order valence-electron chi connectivity index (χ0n) is 15.6. The van der Waals surface area contributed by atoms with E-state index in [4.69, 9.17) is 4.74 Å². The first-order chi connectivity index (χ1) is 11.9. The van der Waals surface area contributed by atoms with Gasteiger partial charge < -0.3 is 4.74 Å². The van der Waals surface area contributed by atoms with E-state index in [9.17, 15) is 9.59 Å². The van der Waals surface area contributed by atoms with Gasteiger partial charge in [0.2, 0.25) is 0 Å². The summed E-state index contributed by atoms with van der Waals surface area (Å²) in [5.74, 6) is 2.51. The van der Waals surface area contributed by atoms with E-state index in [1.807, 2.05) is 6.08 Å². The monoisotopic (exact) mass is 342 g/mol. The number of ketones is 1. The third kappa shape index (κ3) is 1.93. The second-order valence-corrected chi connectivity index (χ2v) is 9.93. The maximum absolute atomic E-state index is 11.9. The summed E-state index contributed by atoms with van der Waals surface area (Å²) in [5.41, 5.74) is 1.68. The lowest BCUT2D eigenvalue weighted by atomic mass is 9.46. The van der Waals surface area contributed by atoms with Gasteiger partial charge >= 0.3 is 5.97 Å². The highest BCUT2D eigenvalue weighted by Crippen LogP contribution is 2.69. The van der Waals surface area contributed by atoms with Crippen molar-refractivity contribution in [2.75, 3.05) is 0 Å². The Labute approximate surface area is 150 Å². The molecule has 4 aliphatic carbocycles. The number of hydrogen-bond donors (Lipinski definition) is 0. The van der Waals surface area contributed by atoms with Crippen molar-refractivity contribution in [1.29, 1.82) is 0 Å². The molecule has 0 aromatic rings. The maximum atomic E-state index is 11.9. The zero-order valence-corrected chi connectivity index (χ0v) is 15.6. The molecule has 3 heteroatoms. The van der Waals surface area contributed by atoms with Gasteiger partial charge in [0.25, 0.3) is 0 Å². The van der Waals surface area contributed by atoms with Crippen LogP contribution in [0.1, 0.15) is 78.1 Å². The van der Waals surface area contributed by atoms with E-state index in [1.54, 1.807) is 0 Å². The molecule has 0 N–H and O–H groups in total. The van der Waals surface area contributed by atoms with Gasteiger partial charge in [-0.2, -0.15) is 0 Å². The first-order valence-corrected chi connectivity index (χ1v) is 10.3. The average Bonchev–Trinajstić information content (AvgIpc) is 3.10. The summed E-state index contributed by atoms with van der Waals surface area (Å²) in [7, 11) is 0. The van der Waals surface area contributed by atoms with Gasteiger partial charge in [0.1, 0.15) is 5.60 Å². The molecule has 1 saturated heterocycles. The molecule has 25 heavy (non-hydrogen) atoms. The second kappa shape index (κ2) is 4.98. The van der Waals surface area contributed by atoms with Crippen LogP contribution in [0.15, 0.2) is 11.6 Å². The SMILES string of the molecule is C[C@]12CC[C@H]3[C@@H](CCC4=CC(=O)CC[C@]43C)[C@H]1CC[C@@]21CCC(=O)O1. The third-order valence-electron chi connectivity index (χ3n) is 9.29. The molecule has 4 fully saturated rings. The molecule has 0 aromatic heterocycles. The van der Waals surface area contributed by atoms with Gasteiger partial charge in [-0.3, -0.25) is 9.59 Å². The van der Waals surface area contributed by atoms with E-state index in [-0.39, 0.29) is 22.4 Å². The first-order valence-electron chi connectivity index (χ1n) is 10.3. The zero-order chi connectivity index (χ0) is 17.4. The summed E-state index contributed by atoms with van der Waals surface area (Å²) in [6, 6.07) is 0. The molecule has 0 aromatic carbocycles. The molecule has 0 unspecified atom stereocenters. The molecule has 0 amide bonds. The van der Waals surface area contributed by atoms with Crippen molar-refractivity contribution in [2.45, 2.75) is 83.7 Å². The highest BCUT2D eigenvalue weighted by Gasteiger charge is 2.66. The number of hydrogen-bond acceptors (Lipinski definition) is 3. The van der Waals surface area contributed by atoms with Crippen molar-refractivity contribution >= 4 is 11.8 Å². The van der Waals surface area contributed by atoms with Crippen molar-refractivity contribution in [3.8, 4) is 0 Å². The van der Waals surface area contributed by atoms with Gasteiger partial charge in [0, 0.05) is 18.3 Å². The summed E-state index contributed by atoms with van der Waals surface area (Å²) in [4.78, 5) is 23.8. The molecule has 6 atom stereocenters. The Bertz CT molecular complexity index is 679. The standard InChI is InChI=1S/C22H30O3/c1-20-9-5-15(23)13-14(20)3-4-16-17(20)6-10-21(2)18(16)7-11-22(21)12-8-19(24)25-22/h13,16-18H,3-12H2,1-2H3/t16-,17+,18-,20-,21+,22-/m1/s1. The predicted octanol–water partition coefficient (Wildman–Crippen LogP) is 4.59. The van der Waals surface area contributed by atoms with Crippen molar-refractivity contribution in [3.63, 3.8) is 0 Å². The first kappa shape index (κ1) is 16.1. The highest BCUT2D eigenvalue weighted by atomic mass is 16.6. The lowest BCUT2D eigenvalue weighted by molar-refractivity contribution is -0.168. The van der Waals surface area contributed by atoms with Crippen LogP contribution >= 0.6 is 0 Å². The molecule has 0 bridgehead atoms. The van der Waals surface area contributed by atoms with E-state index >= 15 is 0 Å². The van der Waals surface area contributed by atoms with Crippen LogP contribution in [0.4, 0.5) is 0 Å². The van der Waals surface area contributed by atoms with Crippen molar-refractivity contribution in [2.24, 2.45) is 28.6 Å². The van der Waals surface area contributed by atoms with Gasteiger partial charge in [-0.25, -0.2) is 0 Å². The summed E-state index contributed by atoms with van der Waals surface area (Å²) in [5, 5.41) is 0. The number of allylic oxidation sites excluding steroid dienone is 1. The Kier molecular flexibility index (Phi) is 3.21. The van der Waals surface area contributed by atoms with Gasteiger partial charge in [-0.05, 0) is 80.6 Å². The largest absolute Gasteiger partial charge is 0.458 e. The topological polar surface area (TPSA) is 43.4 Å². The summed E-state index contributed by atoms with van der Waals surface area (Å²) in [6.45, 7) is 4.86. The Morgan fingerprint density at radius 3 is 2.48 bits per heavy atom. The van der Waals surface area contributed by atoms with Gasteiger partial charge in [0.15, 0.2) is 5.78 Å². The van der Waals surface area contributed by atoms with Crippen molar-refractivity contribution in [1.82, 2.24) is 0 Å². The third-order valence-corrected chi connectivity index (χ3v) is 9.29. The quantitative estimate of drug-likeness (QED) is 0.605. The Morgan fingerprint density at radius 1 is 0.920 bits per heavy atom. The van der Waals surface area contributed by atoms with Crippen LogP contribution in [0.5, 0.6) is 0 Å². The minimum Gasteiger partial charge on any atom is -0.458 e. The number of carbonyl (C=O) groups excluding carboxylic acids is 2. The normalized spacial score (nSPS) is 51.6. The molecular weight excluding hydrogens is 312 g/mol. The molecule has 0 radical (unpaired) electrons. The van der Waals surface area contributed by atoms with Crippen molar-refractivity contribution in [3.05, 3.63) is 11.6 Å². The summed E-state index contributed by atoms with van der Waals surface area (Å²) in [6.07, 6.45) is 12.3. The predicted molar refractivity (Wildman–Crippen MR) is 94.8 cm³/mol. The lowest BCUT2D eigenvalue weighted by Gasteiger charge is -2.59. The van der Waals surface area contributed by atoms with Gasteiger partial charge in [-0.1, -0.05) is 19.4 Å². The van der Waals surface area contributed by atoms with Crippen LogP contribution in [0, 0.1) is 28.6 Å². The molecule has 1 spiro atoms. The van der Waals surface area contributed by atoms with E-state index in [0.29, 0.717) is 24.0 Å². The lowest BCUT2D eigenvalue weighted by Crippen LogP contribution is -2.54. The number of fused-ring (bicyclic) bond motifs is 6. The molecule has 1 aliphatic heterocycles. The van der Waals surface area contributed by atoms with Gasteiger partial charge in [-0.15, -0.1) is 0 Å². The minimum atomic E-state index is -0.167. The fraction of sp³-hybridized carbons (Fsp3) is 0.818. The number of esters is 1. The average molecular weight is 342 g/mol. The second-order valence-electron chi connectivity index (χ2n) is 9.93. The summed E-state index contributed by atoms with van der Waals surface area (Å²) < 4.78 is 6.01. The van der Waals surface area contributed by atoms with E-state index in [1.165, 1.54) is 31.3 Å². The molecule has 1 heterocycles. The molecule has 3 saturated carbocycles. The van der Waals surface area contributed by atoms with Crippen LogP contribution in [-0.2, 0) is 14.3 Å². The molecule has 136 valence electrons. The maximum Gasteiger partial charge on any atom is 0.306 e. The van der Waals surface area contributed by atoms with E-state index in [2.05, 4.69) is 13.8 Å². The fourth-order valence-electron chi connectivity index (χ4n) is 7.85. The van der Waals surface area contributed by atoms with E-state index < -0.39 is 0 Å². The van der Waals surface area contributed by atoms with Gasteiger partial charge in [0.05, 0.1) is 0 Å². The van der Waals surface area contributed by atoms with Crippen LogP contribution in [0.25, 0.3) is 0 Å². The van der Waals surface area contributed by atoms with Crippen LogP contribution < -0.4 is 0 Å². The molecule has 3 nitrogen and oxygen atoms in total. The Hall–Kier alpha value is -1.12. The molecular formula is C22H30O3. The Balaban J connectivity index is 1.49. The van der Waals surface area contributed by atoms with E-state index in [0.717, 1.165) is 38.0 Å². The minimum absolute atomic E-state index is 0.0237. The number of rotatable bonds is 0. The highest BCUT2D eigenvalue weighted by molar-refractivity contribution is 5.91. The fourth-order valence-corrected chi connectivity index (χ4v) is 7.85. The number of carbonyl (C=O) groups is 2. The van der Waals surface area contributed by atoms with Crippen LogP contribution in [0.3, 0.4) is 0 Å². The van der Waals surface area contributed by atoms with Crippen molar-refractivity contribution < 1.29 is 14.3 Å². The van der Waals surface area contributed by atoms with Crippen LogP contribution in [-0.4, -0.2) is 17.4 Å². The smallest absolute Gasteiger partial charge is 0.306 e.